The van der Waals surface area contributed by atoms with Gasteiger partial charge in [0.1, 0.15) is 0 Å². The summed E-state index contributed by atoms with van der Waals surface area (Å²) >= 11 is 5.18. The SMILES string of the molecule is C/C(=N\NC(=S)Nc1ccccc1N)c1ccccc1. The fourth-order valence-corrected chi connectivity index (χ4v) is 1.80. The summed E-state index contributed by atoms with van der Waals surface area (Å²) < 4.78 is 0. The summed E-state index contributed by atoms with van der Waals surface area (Å²) in [5.74, 6) is 0. The maximum Gasteiger partial charge on any atom is 0.191 e. The van der Waals surface area contributed by atoms with Gasteiger partial charge in [0.05, 0.1) is 17.1 Å². The molecule has 0 fully saturated rings. The minimum Gasteiger partial charge on any atom is -0.397 e. The van der Waals surface area contributed by atoms with Gasteiger partial charge in [0.15, 0.2) is 5.11 Å². The number of nitrogens with zero attached hydrogens (tertiary/aromatic N) is 1. The molecule has 0 bridgehead atoms. The molecular weight excluding hydrogens is 268 g/mol. The average Bonchev–Trinajstić information content (AvgIpc) is 2.48. The molecule has 0 aliphatic carbocycles. The fourth-order valence-electron chi connectivity index (χ4n) is 1.64. The van der Waals surface area contributed by atoms with Crippen LogP contribution in [0.2, 0.25) is 0 Å². The molecule has 2 aromatic rings. The molecule has 0 saturated carbocycles. The summed E-state index contributed by atoms with van der Waals surface area (Å²) in [6, 6.07) is 17.3. The molecule has 0 saturated heterocycles. The van der Waals surface area contributed by atoms with Crippen molar-refractivity contribution < 1.29 is 0 Å². The molecule has 4 nitrogen and oxygen atoms in total. The topological polar surface area (TPSA) is 62.4 Å². The van der Waals surface area contributed by atoms with Crippen LogP contribution >= 0.6 is 12.2 Å². The molecule has 0 aliphatic rings. The van der Waals surface area contributed by atoms with E-state index in [0.29, 0.717) is 10.8 Å². The first-order chi connectivity index (χ1) is 9.66. The van der Waals surface area contributed by atoms with Crippen LogP contribution in [0.15, 0.2) is 59.7 Å². The average molecular weight is 284 g/mol. The number of hydrogen-bond donors (Lipinski definition) is 3. The number of thiocarbonyl (C=S) groups is 1. The Labute approximate surface area is 123 Å². The van der Waals surface area contributed by atoms with Crippen molar-refractivity contribution in [1.82, 2.24) is 5.43 Å². The first-order valence-electron chi connectivity index (χ1n) is 6.18. The lowest BCUT2D eigenvalue weighted by Crippen LogP contribution is -2.25. The van der Waals surface area contributed by atoms with Crippen molar-refractivity contribution in [2.75, 3.05) is 11.1 Å². The Kier molecular flexibility index (Phi) is 4.68. The van der Waals surface area contributed by atoms with Gasteiger partial charge in [-0.1, -0.05) is 42.5 Å². The second-order valence-electron chi connectivity index (χ2n) is 4.22. The van der Waals surface area contributed by atoms with Crippen LogP contribution in [0.4, 0.5) is 11.4 Å². The Hall–Kier alpha value is -2.40. The highest BCUT2D eigenvalue weighted by Crippen LogP contribution is 2.16. The normalized spacial score (nSPS) is 10.9. The molecule has 2 aromatic carbocycles. The van der Waals surface area contributed by atoms with Crippen molar-refractivity contribution in [1.29, 1.82) is 0 Å². The van der Waals surface area contributed by atoms with E-state index in [1.807, 2.05) is 61.5 Å². The number of hydrazone groups is 1. The Balaban J connectivity index is 1.97. The maximum atomic E-state index is 5.83. The second-order valence-corrected chi connectivity index (χ2v) is 4.62. The third-order valence-corrected chi connectivity index (χ3v) is 2.92. The molecule has 0 unspecified atom stereocenters. The molecule has 2 rings (SSSR count). The first kappa shape index (κ1) is 14.0. The number of anilines is 2. The zero-order chi connectivity index (χ0) is 14.4. The quantitative estimate of drug-likeness (QED) is 0.351. The summed E-state index contributed by atoms with van der Waals surface area (Å²) in [6.07, 6.45) is 0. The van der Waals surface area contributed by atoms with Crippen LogP contribution in [-0.2, 0) is 0 Å². The standard InChI is InChI=1S/C15H16N4S/c1-11(12-7-3-2-4-8-12)18-19-15(20)17-14-10-6-5-9-13(14)16/h2-10H,16H2,1H3,(H2,17,19,20)/b18-11+. The van der Waals surface area contributed by atoms with Gasteiger partial charge in [0, 0.05) is 0 Å². The molecule has 0 atom stereocenters. The molecule has 0 amide bonds. The van der Waals surface area contributed by atoms with Crippen molar-refractivity contribution >= 4 is 34.4 Å². The number of nitrogen functional groups attached to an aromatic ring is 1. The van der Waals surface area contributed by atoms with Gasteiger partial charge in [-0.25, -0.2) is 0 Å². The van der Waals surface area contributed by atoms with Crippen LogP contribution in [0.5, 0.6) is 0 Å². The van der Waals surface area contributed by atoms with Crippen LogP contribution in [0.25, 0.3) is 0 Å². The Bertz CT molecular complexity index is 623. The fraction of sp³-hybridized carbons (Fsp3) is 0.0667. The zero-order valence-electron chi connectivity index (χ0n) is 11.1. The van der Waals surface area contributed by atoms with E-state index in [0.717, 1.165) is 17.0 Å². The zero-order valence-corrected chi connectivity index (χ0v) is 11.9. The van der Waals surface area contributed by atoms with Crippen LogP contribution in [-0.4, -0.2) is 10.8 Å². The summed E-state index contributed by atoms with van der Waals surface area (Å²) in [7, 11) is 0. The van der Waals surface area contributed by atoms with Crippen LogP contribution in [0.1, 0.15) is 12.5 Å². The number of nitrogens with one attached hydrogen (secondary N) is 2. The number of benzene rings is 2. The predicted molar refractivity (Wildman–Crippen MR) is 88.9 cm³/mol. The van der Waals surface area contributed by atoms with E-state index in [2.05, 4.69) is 15.8 Å². The lowest BCUT2D eigenvalue weighted by molar-refractivity contribution is 1.04. The third kappa shape index (κ3) is 3.80. The van der Waals surface area contributed by atoms with Crippen molar-refractivity contribution in [3.63, 3.8) is 0 Å². The van der Waals surface area contributed by atoms with Crippen LogP contribution in [0, 0.1) is 0 Å². The largest absolute Gasteiger partial charge is 0.397 e. The summed E-state index contributed by atoms with van der Waals surface area (Å²) in [6.45, 7) is 1.92. The van der Waals surface area contributed by atoms with E-state index in [1.165, 1.54) is 0 Å². The van der Waals surface area contributed by atoms with Crippen LogP contribution < -0.4 is 16.5 Å². The van der Waals surface area contributed by atoms with Crippen molar-refractivity contribution in [3.05, 3.63) is 60.2 Å². The van der Waals surface area contributed by atoms with Crippen molar-refractivity contribution in [2.24, 2.45) is 5.10 Å². The molecule has 0 aromatic heterocycles. The Morgan fingerprint density at radius 3 is 2.40 bits per heavy atom. The Morgan fingerprint density at radius 2 is 1.70 bits per heavy atom. The lowest BCUT2D eigenvalue weighted by Gasteiger charge is -2.10. The predicted octanol–water partition coefficient (Wildman–Crippen LogP) is 2.98. The van der Waals surface area contributed by atoms with Gasteiger partial charge in [-0.3, -0.25) is 5.43 Å². The lowest BCUT2D eigenvalue weighted by atomic mass is 10.1. The first-order valence-corrected chi connectivity index (χ1v) is 6.59. The molecule has 0 aliphatic heterocycles. The highest BCUT2D eigenvalue weighted by Gasteiger charge is 2.00. The van der Waals surface area contributed by atoms with Gasteiger partial charge in [0.2, 0.25) is 0 Å². The van der Waals surface area contributed by atoms with Gasteiger partial charge >= 0.3 is 0 Å². The van der Waals surface area contributed by atoms with E-state index in [4.69, 9.17) is 18.0 Å². The molecule has 0 spiro atoms. The summed E-state index contributed by atoms with van der Waals surface area (Å²) in [5, 5.41) is 7.65. The van der Waals surface area contributed by atoms with E-state index in [9.17, 15) is 0 Å². The van der Waals surface area contributed by atoms with E-state index >= 15 is 0 Å². The number of rotatable bonds is 3. The molecule has 20 heavy (non-hydrogen) atoms. The smallest absolute Gasteiger partial charge is 0.191 e. The Morgan fingerprint density at radius 1 is 1.05 bits per heavy atom. The third-order valence-electron chi connectivity index (χ3n) is 2.73. The number of para-hydroxylation sites is 2. The summed E-state index contributed by atoms with van der Waals surface area (Å²) in [5.41, 5.74) is 11.9. The highest BCUT2D eigenvalue weighted by atomic mass is 32.1. The molecule has 4 N–H and O–H groups in total. The minimum absolute atomic E-state index is 0.401. The van der Waals surface area contributed by atoms with Gasteiger partial charge in [-0.2, -0.15) is 5.10 Å². The van der Waals surface area contributed by atoms with Gasteiger partial charge in [0.25, 0.3) is 0 Å². The van der Waals surface area contributed by atoms with Crippen molar-refractivity contribution in [3.8, 4) is 0 Å². The van der Waals surface area contributed by atoms with Gasteiger partial charge in [-0.15, -0.1) is 0 Å². The maximum absolute atomic E-state index is 5.83. The van der Waals surface area contributed by atoms with E-state index in [1.54, 1.807) is 0 Å². The molecule has 102 valence electrons. The van der Waals surface area contributed by atoms with E-state index < -0.39 is 0 Å². The monoisotopic (exact) mass is 284 g/mol. The highest BCUT2D eigenvalue weighted by molar-refractivity contribution is 7.80. The minimum atomic E-state index is 0.401. The number of nitrogens with two attached hydrogens (primary N) is 1. The van der Waals surface area contributed by atoms with Gasteiger partial charge < -0.3 is 11.1 Å². The second kappa shape index (κ2) is 6.68. The van der Waals surface area contributed by atoms with E-state index in [-0.39, 0.29) is 0 Å². The summed E-state index contributed by atoms with van der Waals surface area (Å²) in [4.78, 5) is 0. The van der Waals surface area contributed by atoms with Crippen LogP contribution in [0.3, 0.4) is 0 Å². The molecule has 5 heteroatoms. The number of hydrogen-bond acceptors (Lipinski definition) is 3. The van der Waals surface area contributed by atoms with Crippen molar-refractivity contribution in [2.45, 2.75) is 6.92 Å². The molecule has 0 radical (unpaired) electrons. The molecular formula is C15H16N4S. The van der Waals surface area contributed by atoms with Gasteiger partial charge in [-0.05, 0) is 36.8 Å². The molecule has 0 heterocycles.